The van der Waals surface area contributed by atoms with Crippen molar-refractivity contribution in [1.82, 2.24) is 10.2 Å². The van der Waals surface area contributed by atoms with Gasteiger partial charge in [0.2, 0.25) is 11.8 Å². The molecule has 2 unspecified atom stereocenters. The molecular formula is C29H40N4O5. The first-order valence-electron chi connectivity index (χ1n) is 12.7. The van der Waals surface area contributed by atoms with Crippen molar-refractivity contribution in [2.45, 2.75) is 79.5 Å². The first-order valence-corrected chi connectivity index (χ1v) is 12.7. The van der Waals surface area contributed by atoms with Crippen molar-refractivity contribution in [1.29, 1.82) is 0 Å². The summed E-state index contributed by atoms with van der Waals surface area (Å²) in [6.45, 7) is 14.5. The summed E-state index contributed by atoms with van der Waals surface area (Å²) in [7, 11) is 0. The smallest absolute Gasteiger partial charge is 0.408 e. The van der Waals surface area contributed by atoms with Gasteiger partial charge >= 0.3 is 6.09 Å². The van der Waals surface area contributed by atoms with Gasteiger partial charge in [-0.3, -0.25) is 14.4 Å². The first-order chi connectivity index (χ1) is 17.6. The van der Waals surface area contributed by atoms with Crippen molar-refractivity contribution in [3.8, 4) is 0 Å². The zero-order valence-electron chi connectivity index (χ0n) is 23.6. The number of likely N-dealkylation sites (N-methyl/N-ethyl adjacent to an activating group) is 1. The molecule has 0 aromatic heterocycles. The Morgan fingerprint density at radius 2 is 1.53 bits per heavy atom. The molecule has 4 N–H and O–H groups in total. The summed E-state index contributed by atoms with van der Waals surface area (Å²) >= 11 is 0. The van der Waals surface area contributed by atoms with Crippen molar-refractivity contribution in [2.75, 3.05) is 11.9 Å². The van der Waals surface area contributed by atoms with Gasteiger partial charge in [-0.25, -0.2) is 4.79 Å². The second kappa shape index (κ2) is 12.6. The van der Waals surface area contributed by atoms with Crippen LogP contribution in [0.5, 0.6) is 0 Å². The minimum absolute atomic E-state index is 0.127. The summed E-state index contributed by atoms with van der Waals surface area (Å²) in [5, 5.41) is 5.47. The van der Waals surface area contributed by atoms with Gasteiger partial charge in [0.05, 0.1) is 6.42 Å². The predicted octanol–water partition coefficient (Wildman–Crippen LogP) is 4.22. The summed E-state index contributed by atoms with van der Waals surface area (Å²) in [6.07, 6.45) is -1.32. The van der Waals surface area contributed by atoms with Crippen LogP contribution >= 0.6 is 0 Å². The van der Waals surface area contributed by atoms with Crippen LogP contribution in [0.2, 0.25) is 0 Å². The number of nitrogens with one attached hydrogen (secondary N) is 2. The molecule has 0 aliphatic rings. The van der Waals surface area contributed by atoms with Crippen molar-refractivity contribution in [2.24, 2.45) is 5.73 Å². The Kier molecular flexibility index (Phi) is 10.0. The molecule has 0 aliphatic heterocycles. The van der Waals surface area contributed by atoms with Gasteiger partial charge in [-0.15, -0.1) is 0 Å². The van der Waals surface area contributed by atoms with Crippen LogP contribution in [-0.2, 0) is 19.1 Å². The van der Waals surface area contributed by atoms with Gasteiger partial charge in [-0.2, -0.15) is 0 Å². The fraction of sp³-hybridized carbons (Fsp3) is 0.448. The molecule has 0 spiro atoms. The molecule has 0 fully saturated rings. The van der Waals surface area contributed by atoms with Crippen LogP contribution in [0.4, 0.5) is 10.5 Å². The van der Waals surface area contributed by atoms with Crippen molar-refractivity contribution in [3.63, 3.8) is 0 Å². The number of nitrogens with zero attached hydrogens (tertiary/aromatic N) is 1. The van der Waals surface area contributed by atoms with Crippen LogP contribution in [-0.4, -0.2) is 46.9 Å². The van der Waals surface area contributed by atoms with Crippen LogP contribution in [0.25, 0.3) is 0 Å². The molecule has 2 aromatic carbocycles. The van der Waals surface area contributed by atoms with Crippen molar-refractivity contribution < 1.29 is 23.9 Å². The Morgan fingerprint density at radius 3 is 2.00 bits per heavy atom. The van der Waals surface area contributed by atoms with E-state index >= 15 is 0 Å². The number of alkyl carbamates (subject to hydrolysis) is 1. The second-order valence-electron chi connectivity index (χ2n) is 10.6. The largest absolute Gasteiger partial charge is 0.444 e. The summed E-state index contributed by atoms with van der Waals surface area (Å²) < 4.78 is 5.29. The van der Waals surface area contributed by atoms with E-state index in [-0.39, 0.29) is 6.54 Å². The quantitative estimate of drug-likeness (QED) is 0.452. The molecule has 0 saturated carbocycles. The molecule has 2 rings (SSSR count). The van der Waals surface area contributed by atoms with E-state index in [4.69, 9.17) is 10.5 Å². The maximum atomic E-state index is 13.9. The summed E-state index contributed by atoms with van der Waals surface area (Å²) in [5.41, 5.74) is 9.48. The van der Waals surface area contributed by atoms with Crippen LogP contribution in [0.15, 0.2) is 36.4 Å². The SMILES string of the molecule is CCN(C(=O)C(CC(N)=O)NC(=O)OC(C)(C)C)C(C(=O)Nc1c(C)cccc1C)c1cc(C)cc(C)c1. The molecule has 0 saturated heterocycles. The molecule has 2 aromatic rings. The molecule has 9 nitrogen and oxygen atoms in total. The van der Waals surface area contributed by atoms with Gasteiger partial charge in [-0.05, 0) is 72.1 Å². The first kappa shape index (κ1) is 30.3. The predicted molar refractivity (Wildman–Crippen MR) is 148 cm³/mol. The Labute approximate surface area is 225 Å². The van der Waals surface area contributed by atoms with Gasteiger partial charge in [-0.1, -0.05) is 47.5 Å². The third-order valence-corrected chi connectivity index (χ3v) is 5.87. The maximum Gasteiger partial charge on any atom is 0.408 e. The fourth-order valence-electron chi connectivity index (χ4n) is 4.36. The van der Waals surface area contributed by atoms with E-state index < -0.39 is 47.9 Å². The lowest BCUT2D eigenvalue weighted by Crippen LogP contribution is -2.53. The van der Waals surface area contributed by atoms with E-state index in [2.05, 4.69) is 10.6 Å². The highest BCUT2D eigenvalue weighted by molar-refractivity contribution is 6.00. The average molecular weight is 525 g/mol. The van der Waals surface area contributed by atoms with Crippen molar-refractivity contribution >= 4 is 29.5 Å². The topological polar surface area (TPSA) is 131 Å². The normalized spacial score (nSPS) is 12.7. The molecule has 206 valence electrons. The lowest BCUT2D eigenvalue weighted by atomic mass is 9.97. The van der Waals surface area contributed by atoms with Crippen molar-refractivity contribution in [3.05, 3.63) is 64.2 Å². The third kappa shape index (κ3) is 8.33. The van der Waals surface area contributed by atoms with E-state index in [1.807, 2.05) is 64.1 Å². The highest BCUT2D eigenvalue weighted by atomic mass is 16.6. The van der Waals surface area contributed by atoms with Crippen LogP contribution in [0.3, 0.4) is 0 Å². The number of rotatable bonds is 9. The van der Waals surface area contributed by atoms with Crippen LogP contribution in [0, 0.1) is 27.7 Å². The number of amides is 4. The van der Waals surface area contributed by atoms with E-state index in [0.29, 0.717) is 11.3 Å². The number of hydrogen-bond acceptors (Lipinski definition) is 5. The Balaban J connectivity index is 2.55. The van der Waals surface area contributed by atoms with Gasteiger partial charge in [0, 0.05) is 12.2 Å². The van der Waals surface area contributed by atoms with Gasteiger partial charge < -0.3 is 26.0 Å². The zero-order valence-corrected chi connectivity index (χ0v) is 23.6. The molecule has 2 atom stereocenters. The third-order valence-electron chi connectivity index (χ3n) is 5.87. The lowest BCUT2D eigenvalue weighted by molar-refractivity contribution is -0.141. The molecule has 4 amide bonds. The number of aryl methyl sites for hydroxylation is 4. The van der Waals surface area contributed by atoms with E-state index in [1.165, 1.54) is 4.90 Å². The highest BCUT2D eigenvalue weighted by Gasteiger charge is 2.36. The summed E-state index contributed by atoms with van der Waals surface area (Å²) in [5.74, 6) is -1.82. The maximum absolute atomic E-state index is 13.9. The number of hydrogen-bond donors (Lipinski definition) is 3. The molecule has 0 aliphatic carbocycles. The standard InChI is InChI=1S/C29H40N4O5/c1-9-33(27(36)22(16-23(30)34)31-28(37)38-29(6,7)8)25(21-14-17(2)13-18(3)15-21)26(35)32-24-19(4)11-10-12-20(24)5/h10-15,22,25H,9,16H2,1-8H3,(H2,30,34)(H,31,37)(H,32,35). The second-order valence-corrected chi connectivity index (χ2v) is 10.6. The monoisotopic (exact) mass is 524 g/mol. The van der Waals surface area contributed by atoms with E-state index in [9.17, 15) is 19.2 Å². The van der Waals surface area contributed by atoms with E-state index in [1.54, 1.807) is 27.7 Å². The number of benzene rings is 2. The number of ether oxygens (including phenoxy) is 1. The minimum Gasteiger partial charge on any atom is -0.444 e. The summed E-state index contributed by atoms with van der Waals surface area (Å²) in [6, 6.07) is 9.01. The van der Waals surface area contributed by atoms with Crippen LogP contribution < -0.4 is 16.4 Å². The molecule has 0 radical (unpaired) electrons. The fourth-order valence-corrected chi connectivity index (χ4v) is 4.36. The van der Waals surface area contributed by atoms with E-state index in [0.717, 1.165) is 22.3 Å². The average Bonchev–Trinajstić information content (AvgIpc) is 2.76. The number of para-hydroxylation sites is 1. The molecule has 9 heteroatoms. The summed E-state index contributed by atoms with van der Waals surface area (Å²) in [4.78, 5) is 53.5. The van der Waals surface area contributed by atoms with Crippen LogP contribution in [0.1, 0.15) is 68.0 Å². The van der Waals surface area contributed by atoms with Gasteiger partial charge in [0.15, 0.2) is 0 Å². The highest BCUT2D eigenvalue weighted by Crippen LogP contribution is 2.28. The molecule has 0 heterocycles. The Morgan fingerprint density at radius 1 is 0.974 bits per heavy atom. The molecular weight excluding hydrogens is 484 g/mol. The number of primary amides is 1. The number of anilines is 1. The van der Waals surface area contributed by atoms with Gasteiger partial charge in [0.1, 0.15) is 17.7 Å². The molecule has 0 bridgehead atoms. The molecule has 38 heavy (non-hydrogen) atoms. The number of nitrogens with two attached hydrogens (primary N) is 1. The number of carbonyl (C=O) groups is 4. The lowest BCUT2D eigenvalue weighted by Gasteiger charge is -2.34. The zero-order chi connectivity index (χ0) is 28.8. The van der Waals surface area contributed by atoms with Gasteiger partial charge in [0.25, 0.3) is 5.91 Å². The Bertz CT molecular complexity index is 1160. The Hall–Kier alpha value is -3.88. The number of carbonyl (C=O) groups excluding carboxylic acids is 4. The minimum atomic E-state index is -1.32.